The zero-order valence-electron chi connectivity index (χ0n) is 9.65. The number of likely N-dealkylation sites (N-methyl/N-ethyl adjacent to an activating group) is 1. The largest absolute Gasteiger partial charge is 0.445 e. The number of allylic oxidation sites excluding steroid dienone is 1. The van der Waals surface area contributed by atoms with Crippen molar-refractivity contribution < 1.29 is 19.2 Å². The van der Waals surface area contributed by atoms with E-state index < -0.39 is 12.0 Å². The molecule has 0 unspecified atom stereocenters. The van der Waals surface area contributed by atoms with E-state index in [1.807, 2.05) is 0 Å². The summed E-state index contributed by atoms with van der Waals surface area (Å²) >= 11 is 0. The number of carbonyl (C=O) groups excluding carboxylic acids is 2. The Labute approximate surface area is 94.5 Å². The molecule has 1 N–H and O–H groups in total. The second-order valence-corrected chi connectivity index (χ2v) is 2.70. The SMILES string of the molecule is C=CCOC(=O)N/C(=C\C)C(=O)N(C)OC. The Kier molecular flexibility index (Phi) is 6.62. The highest BCUT2D eigenvalue weighted by Gasteiger charge is 2.16. The number of hydroxylamine groups is 2. The number of rotatable bonds is 5. The van der Waals surface area contributed by atoms with Crippen LogP contribution in [0.2, 0.25) is 0 Å². The van der Waals surface area contributed by atoms with Crippen molar-refractivity contribution in [3.8, 4) is 0 Å². The van der Waals surface area contributed by atoms with Gasteiger partial charge in [-0.3, -0.25) is 14.9 Å². The van der Waals surface area contributed by atoms with Gasteiger partial charge in [-0.25, -0.2) is 9.86 Å². The number of ether oxygens (including phenoxy) is 1. The lowest BCUT2D eigenvalue weighted by Crippen LogP contribution is -2.35. The number of amides is 2. The number of alkyl carbamates (subject to hydrolysis) is 1. The van der Waals surface area contributed by atoms with Gasteiger partial charge in [0, 0.05) is 7.05 Å². The maximum atomic E-state index is 11.6. The quantitative estimate of drug-likeness (QED) is 0.430. The van der Waals surface area contributed by atoms with Gasteiger partial charge in [-0.1, -0.05) is 18.7 Å². The average Bonchev–Trinajstić information content (AvgIpc) is 2.31. The predicted octanol–water partition coefficient (Wildman–Crippen LogP) is 0.822. The first-order valence-corrected chi connectivity index (χ1v) is 4.60. The molecule has 0 rings (SSSR count). The third-order valence-corrected chi connectivity index (χ3v) is 1.65. The van der Waals surface area contributed by atoms with Crippen LogP contribution in [-0.2, 0) is 14.4 Å². The van der Waals surface area contributed by atoms with Crippen LogP contribution in [0.5, 0.6) is 0 Å². The minimum atomic E-state index is -0.717. The van der Waals surface area contributed by atoms with E-state index in [0.29, 0.717) is 0 Å². The lowest BCUT2D eigenvalue weighted by Gasteiger charge is -2.16. The van der Waals surface area contributed by atoms with E-state index >= 15 is 0 Å². The van der Waals surface area contributed by atoms with Crippen molar-refractivity contribution in [3.63, 3.8) is 0 Å². The Bertz CT molecular complexity index is 299. The molecule has 0 saturated heterocycles. The maximum absolute atomic E-state index is 11.6. The summed E-state index contributed by atoms with van der Waals surface area (Å²) in [6, 6.07) is 0. The summed E-state index contributed by atoms with van der Waals surface area (Å²) < 4.78 is 4.67. The van der Waals surface area contributed by atoms with Gasteiger partial charge in [0.1, 0.15) is 12.3 Å². The molecule has 0 fully saturated rings. The molecule has 0 aliphatic carbocycles. The summed E-state index contributed by atoms with van der Waals surface area (Å²) in [4.78, 5) is 27.4. The molecule has 0 radical (unpaired) electrons. The summed E-state index contributed by atoms with van der Waals surface area (Å²) in [5.74, 6) is -0.472. The fourth-order valence-corrected chi connectivity index (χ4v) is 0.782. The van der Waals surface area contributed by atoms with E-state index in [1.165, 1.54) is 26.3 Å². The molecule has 0 aromatic carbocycles. The molecular weight excluding hydrogens is 212 g/mol. The average molecular weight is 228 g/mol. The van der Waals surface area contributed by atoms with Crippen molar-refractivity contribution >= 4 is 12.0 Å². The molecule has 16 heavy (non-hydrogen) atoms. The first kappa shape index (κ1) is 14.2. The van der Waals surface area contributed by atoms with E-state index in [2.05, 4.69) is 16.6 Å². The Balaban J connectivity index is 4.37. The van der Waals surface area contributed by atoms with Crippen LogP contribution in [0.4, 0.5) is 4.79 Å². The number of nitrogens with one attached hydrogen (secondary N) is 1. The van der Waals surface area contributed by atoms with Crippen LogP contribution in [-0.4, -0.2) is 37.8 Å². The normalized spacial score (nSPS) is 10.6. The zero-order chi connectivity index (χ0) is 12.6. The molecule has 0 aliphatic rings. The molecule has 6 heteroatoms. The molecule has 0 spiro atoms. The number of hydrogen-bond donors (Lipinski definition) is 1. The van der Waals surface area contributed by atoms with E-state index in [0.717, 1.165) is 5.06 Å². The van der Waals surface area contributed by atoms with Gasteiger partial charge in [0.25, 0.3) is 5.91 Å². The highest BCUT2D eigenvalue weighted by molar-refractivity contribution is 5.95. The number of carbonyl (C=O) groups is 2. The summed E-state index contributed by atoms with van der Waals surface area (Å²) in [6.45, 7) is 5.09. The van der Waals surface area contributed by atoms with Crippen LogP contribution in [0, 0.1) is 0 Å². The van der Waals surface area contributed by atoms with Gasteiger partial charge < -0.3 is 4.74 Å². The lowest BCUT2D eigenvalue weighted by molar-refractivity contribution is -0.164. The van der Waals surface area contributed by atoms with Crippen LogP contribution in [0.3, 0.4) is 0 Å². The molecule has 0 aromatic rings. The van der Waals surface area contributed by atoms with Gasteiger partial charge in [-0.2, -0.15) is 0 Å². The van der Waals surface area contributed by atoms with Gasteiger partial charge >= 0.3 is 6.09 Å². The molecule has 0 bridgehead atoms. The van der Waals surface area contributed by atoms with E-state index in [1.54, 1.807) is 6.92 Å². The smallest absolute Gasteiger partial charge is 0.412 e. The molecule has 0 atom stereocenters. The van der Waals surface area contributed by atoms with Gasteiger partial charge in [-0.15, -0.1) is 0 Å². The molecule has 2 amide bonds. The van der Waals surface area contributed by atoms with Crippen LogP contribution in [0.15, 0.2) is 24.4 Å². The first-order chi connectivity index (χ1) is 7.56. The second kappa shape index (κ2) is 7.47. The molecule has 0 heterocycles. The number of nitrogens with zero attached hydrogens (tertiary/aromatic N) is 1. The molecule has 0 saturated carbocycles. The third-order valence-electron chi connectivity index (χ3n) is 1.65. The monoisotopic (exact) mass is 228 g/mol. The van der Waals surface area contributed by atoms with Gasteiger partial charge in [0.15, 0.2) is 0 Å². The van der Waals surface area contributed by atoms with Gasteiger partial charge in [0.2, 0.25) is 0 Å². The van der Waals surface area contributed by atoms with Crippen molar-refractivity contribution in [3.05, 3.63) is 24.4 Å². The molecule has 6 nitrogen and oxygen atoms in total. The van der Waals surface area contributed by atoms with Crippen LogP contribution >= 0.6 is 0 Å². The number of hydrogen-bond acceptors (Lipinski definition) is 4. The first-order valence-electron chi connectivity index (χ1n) is 4.60. The molecular formula is C10H16N2O4. The minimum absolute atomic E-state index is 0.0805. The highest BCUT2D eigenvalue weighted by atomic mass is 16.7. The molecule has 90 valence electrons. The third kappa shape index (κ3) is 4.61. The molecule has 0 aliphatic heterocycles. The van der Waals surface area contributed by atoms with E-state index in [-0.39, 0.29) is 12.3 Å². The Morgan fingerprint density at radius 1 is 1.50 bits per heavy atom. The van der Waals surface area contributed by atoms with E-state index in [4.69, 9.17) is 4.84 Å². The van der Waals surface area contributed by atoms with Crippen LogP contribution < -0.4 is 5.32 Å². The Morgan fingerprint density at radius 2 is 2.12 bits per heavy atom. The van der Waals surface area contributed by atoms with Crippen LogP contribution in [0.25, 0.3) is 0 Å². The van der Waals surface area contributed by atoms with Gasteiger partial charge in [0.05, 0.1) is 7.11 Å². The van der Waals surface area contributed by atoms with E-state index in [9.17, 15) is 9.59 Å². The summed E-state index contributed by atoms with van der Waals surface area (Å²) in [6.07, 6.45) is 2.16. The van der Waals surface area contributed by atoms with Crippen molar-refractivity contribution in [2.24, 2.45) is 0 Å². The fourth-order valence-electron chi connectivity index (χ4n) is 0.782. The lowest BCUT2D eigenvalue weighted by atomic mass is 10.4. The van der Waals surface area contributed by atoms with Crippen molar-refractivity contribution in [1.29, 1.82) is 0 Å². The Morgan fingerprint density at radius 3 is 2.56 bits per heavy atom. The van der Waals surface area contributed by atoms with Crippen molar-refractivity contribution in [1.82, 2.24) is 10.4 Å². The maximum Gasteiger partial charge on any atom is 0.412 e. The summed E-state index contributed by atoms with van der Waals surface area (Å²) in [7, 11) is 2.78. The van der Waals surface area contributed by atoms with Crippen LogP contribution in [0.1, 0.15) is 6.92 Å². The van der Waals surface area contributed by atoms with Gasteiger partial charge in [-0.05, 0) is 6.92 Å². The summed E-state index contributed by atoms with van der Waals surface area (Å²) in [5, 5.41) is 3.29. The zero-order valence-corrected chi connectivity index (χ0v) is 9.65. The molecule has 0 aromatic heterocycles. The van der Waals surface area contributed by atoms with Crippen molar-refractivity contribution in [2.45, 2.75) is 6.92 Å². The minimum Gasteiger partial charge on any atom is -0.445 e. The standard InChI is InChI=1S/C10H16N2O4/c1-5-7-16-10(14)11-8(6-2)9(13)12(3)15-4/h5-6H,1,7H2,2-4H3,(H,11,14)/b8-6-. The van der Waals surface area contributed by atoms with Crippen molar-refractivity contribution in [2.75, 3.05) is 20.8 Å². The topological polar surface area (TPSA) is 67.9 Å². The second-order valence-electron chi connectivity index (χ2n) is 2.70. The summed E-state index contributed by atoms with van der Waals surface area (Å²) in [5.41, 5.74) is 0.0819. The fraction of sp³-hybridized carbons (Fsp3) is 0.400. The highest BCUT2D eigenvalue weighted by Crippen LogP contribution is 1.97. The Hall–Kier alpha value is -1.82. The predicted molar refractivity (Wildman–Crippen MR) is 58.2 cm³/mol.